The molecule has 8 heteroatoms. The molecule has 1 aliphatic rings. The standard InChI is InChI=1S/C21H22Cl2N2O4/c1-14-10-16(25-8-2-3-9-25)5-6-18(14)24-20(26)12-29-21(27)13-28-19-7-4-15(22)11-17(19)23/h4-7,10-11H,2-3,8-9,12-13H2,1H3,(H,24,26). The van der Waals surface area contributed by atoms with Crippen molar-refractivity contribution in [2.75, 3.05) is 36.5 Å². The molecule has 2 aromatic rings. The Morgan fingerprint density at radius 3 is 2.52 bits per heavy atom. The number of hydrogen-bond acceptors (Lipinski definition) is 5. The first-order chi connectivity index (χ1) is 13.9. The maximum atomic E-state index is 12.1. The van der Waals surface area contributed by atoms with Gasteiger partial charge in [-0.15, -0.1) is 0 Å². The average molecular weight is 437 g/mol. The molecular formula is C21H22Cl2N2O4. The molecule has 0 atom stereocenters. The van der Waals surface area contributed by atoms with E-state index < -0.39 is 18.5 Å². The quantitative estimate of drug-likeness (QED) is 0.648. The Bertz CT molecular complexity index is 898. The molecule has 0 saturated carbocycles. The lowest BCUT2D eigenvalue weighted by Gasteiger charge is -2.19. The first kappa shape index (κ1) is 21.3. The Labute approximate surface area is 179 Å². The Morgan fingerprint density at radius 1 is 1.07 bits per heavy atom. The van der Waals surface area contributed by atoms with Gasteiger partial charge in [-0.05, 0) is 61.7 Å². The average Bonchev–Trinajstić information content (AvgIpc) is 3.22. The van der Waals surface area contributed by atoms with Gasteiger partial charge in [-0.1, -0.05) is 23.2 Å². The molecule has 0 bridgehead atoms. The van der Waals surface area contributed by atoms with Crippen LogP contribution in [-0.4, -0.2) is 38.2 Å². The number of hydrogen-bond donors (Lipinski definition) is 1. The van der Waals surface area contributed by atoms with Crippen molar-refractivity contribution in [2.24, 2.45) is 0 Å². The van der Waals surface area contributed by atoms with Gasteiger partial charge in [0.15, 0.2) is 13.2 Å². The van der Waals surface area contributed by atoms with Crippen LogP contribution in [0.2, 0.25) is 10.0 Å². The van der Waals surface area contributed by atoms with Crippen molar-refractivity contribution < 1.29 is 19.1 Å². The molecule has 1 fully saturated rings. The fraction of sp³-hybridized carbons (Fsp3) is 0.333. The van der Waals surface area contributed by atoms with Crippen LogP contribution in [0.4, 0.5) is 11.4 Å². The largest absolute Gasteiger partial charge is 0.480 e. The van der Waals surface area contributed by atoms with Gasteiger partial charge in [0.2, 0.25) is 0 Å². The molecule has 1 aliphatic heterocycles. The number of benzene rings is 2. The highest BCUT2D eigenvalue weighted by atomic mass is 35.5. The molecule has 0 aliphatic carbocycles. The number of nitrogens with zero attached hydrogens (tertiary/aromatic N) is 1. The summed E-state index contributed by atoms with van der Waals surface area (Å²) in [5.74, 6) is -0.779. The van der Waals surface area contributed by atoms with E-state index in [2.05, 4.69) is 16.3 Å². The highest BCUT2D eigenvalue weighted by molar-refractivity contribution is 6.35. The van der Waals surface area contributed by atoms with Crippen molar-refractivity contribution in [2.45, 2.75) is 19.8 Å². The molecule has 1 heterocycles. The lowest BCUT2D eigenvalue weighted by atomic mass is 10.1. The molecule has 29 heavy (non-hydrogen) atoms. The Kier molecular flexibility index (Phi) is 7.23. The predicted octanol–water partition coefficient (Wildman–Crippen LogP) is 4.46. The minimum atomic E-state index is -0.674. The van der Waals surface area contributed by atoms with Gasteiger partial charge >= 0.3 is 5.97 Å². The minimum Gasteiger partial charge on any atom is -0.480 e. The second-order valence-electron chi connectivity index (χ2n) is 6.77. The number of amides is 1. The molecule has 1 amide bonds. The number of esters is 1. The molecule has 154 valence electrons. The van der Waals surface area contributed by atoms with Crippen LogP contribution in [0.15, 0.2) is 36.4 Å². The van der Waals surface area contributed by atoms with Crippen LogP contribution in [0.25, 0.3) is 0 Å². The minimum absolute atomic E-state index is 0.288. The molecule has 2 aromatic carbocycles. The molecule has 0 unspecified atom stereocenters. The Balaban J connectivity index is 1.45. The van der Waals surface area contributed by atoms with Crippen LogP contribution in [0, 0.1) is 6.92 Å². The van der Waals surface area contributed by atoms with E-state index in [4.69, 9.17) is 32.7 Å². The van der Waals surface area contributed by atoms with Gasteiger partial charge in [-0.2, -0.15) is 0 Å². The zero-order chi connectivity index (χ0) is 20.8. The molecule has 0 radical (unpaired) electrons. The Morgan fingerprint density at radius 2 is 1.83 bits per heavy atom. The summed E-state index contributed by atoms with van der Waals surface area (Å²) in [5, 5.41) is 3.51. The van der Waals surface area contributed by atoms with Gasteiger partial charge in [0.05, 0.1) is 5.02 Å². The first-order valence-corrected chi connectivity index (χ1v) is 10.1. The fourth-order valence-corrected chi connectivity index (χ4v) is 3.53. The van der Waals surface area contributed by atoms with Gasteiger partial charge < -0.3 is 19.7 Å². The molecule has 0 aromatic heterocycles. The Hall–Kier alpha value is -2.44. The number of ether oxygens (including phenoxy) is 2. The number of rotatable bonds is 7. The molecule has 1 N–H and O–H groups in total. The van der Waals surface area contributed by atoms with Crippen molar-refractivity contribution in [3.63, 3.8) is 0 Å². The second-order valence-corrected chi connectivity index (χ2v) is 7.61. The van der Waals surface area contributed by atoms with Crippen molar-refractivity contribution in [1.82, 2.24) is 0 Å². The number of aryl methyl sites for hydroxylation is 1. The van der Waals surface area contributed by atoms with Gasteiger partial charge in [0, 0.05) is 29.5 Å². The number of nitrogens with one attached hydrogen (secondary N) is 1. The molecule has 3 rings (SSSR count). The summed E-state index contributed by atoms with van der Waals surface area (Å²) in [7, 11) is 0. The third kappa shape index (κ3) is 6.02. The molecular weight excluding hydrogens is 415 g/mol. The summed E-state index contributed by atoms with van der Waals surface area (Å²) in [6.45, 7) is 3.29. The van der Waals surface area contributed by atoms with E-state index in [1.807, 2.05) is 19.1 Å². The van der Waals surface area contributed by atoms with Gasteiger partial charge in [-0.25, -0.2) is 4.79 Å². The third-order valence-corrected chi connectivity index (χ3v) is 5.09. The SMILES string of the molecule is Cc1cc(N2CCCC2)ccc1NC(=O)COC(=O)COc1ccc(Cl)cc1Cl. The van der Waals surface area contributed by atoms with Crippen LogP contribution in [-0.2, 0) is 14.3 Å². The van der Waals surface area contributed by atoms with Crippen molar-refractivity contribution >= 4 is 46.5 Å². The zero-order valence-electron chi connectivity index (χ0n) is 16.0. The van der Waals surface area contributed by atoms with Crippen molar-refractivity contribution in [3.05, 3.63) is 52.0 Å². The molecule has 6 nitrogen and oxygen atoms in total. The monoisotopic (exact) mass is 436 g/mol. The smallest absolute Gasteiger partial charge is 0.344 e. The van der Waals surface area contributed by atoms with E-state index >= 15 is 0 Å². The molecule has 1 saturated heterocycles. The highest BCUT2D eigenvalue weighted by Crippen LogP contribution is 2.27. The van der Waals surface area contributed by atoms with Crippen LogP contribution in [0.5, 0.6) is 5.75 Å². The topological polar surface area (TPSA) is 67.9 Å². The van der Waals surface area contributed by atoms with Crippen LogP contribution in [0.3, 0.4) is 0 Å². The summed E-state index contributed by atoms with van der Waals surface area (Å²) in [5.41, 5.74) is 2.80. The number of carbonyl (C=O) groups excluding carboxylic acids is 2. The number of halogens is 2. The van der Waals surface area contributed by atoms with E-state index in [1.54, 1.807) is 12.1 Å². The van der Waals surface area contributed by atoms with Crippen molar-refractivity contribution in [1.29, 1.82) is 0 Å². The van der Waals surface area contributed by atoms with Crippen LogP contribution < -0.4 is 15.0 Å². The van der Waals surface area contributed by atoms with Gasteiger partial charge in [0.25, 0.3) is 5.91 Å². The molecule has 0 spiro atoms. The fourth-order valence-electron chi connectivity index (χ4n) is 3.06. The third-order valence-electron chi connectivity index (χ3n) is 4.56. The maximum Gasteiger partial charge on any atom is 0.344 e. The second kappa shape index (κ2) is 9.85. The number of anilines is 2. The van der Waals surface area contributed by atoms with Crippen LogP contribution >= 0.6 is 23.2 Å². The van der Waals surface area contributed by atoms with Crippen LogP contribution in [0.1, 0.15) is 18.4 Å². The summed E-state index contributed by atoms with van der Waals surface area (Å²) in [6.07, 6.45) is 2.41. The van der Waals surface area contributed by atoms with E-state index in [-0.39, 0.29) is 11.6 Å². The lowest BCUT2D eigenvalue weighted by molar-refractivity contribution is -0.149. The zero-order valence-corrected chi connectivity index (χ0v) is 17.6. The maximum absolute atomic E-state index is 12.1. The van der Waals surface area contributed by atoms with Crippen molar-refractivity contribution in [3.8, 4) is 5.75 Å². The van der Waals surface area contributed by atoms with E-state index in [1.165, 1.54) is 18.9 Å². The first-order valence-electron chi connectivity index (χ1n) is 9.31. The summed E-state index contributed by atoms with van der Waals surface area (Å²) < 4.78 is 10.2. The predicted molar refractivity (Wildman–Crippen MR) is 114 cm³/mol. The number of carbonyl (C=O) groups is 2. The summed E-state index contributed by atoms with van der Waals surface area (Å²) in [6, 6.07) is 10.6. The normalized spacial score (nSPS) is 13.3. The van der Waals surface area contributed by atoms with Gasteiger partial charge in [-0.3, -0.25) is 4.79 Å². The van der Waals surface area contributed by atoms with E-state index in [0.29, 0.717) is 16.5 Å². The highest BCUT2D eigenvalue weighted by Gasteiger charge is 2.14. The van der Waals surface area contributed by atoms with E-state index in [0.717, 1.165) is 24.3 Å². The lowest BCUT2D eigenvalue weighted by Crippen LogP contribution is -2.24. The summed E-state index contributed by atoms with van der Waals surface area (Å²) >= 11 is 11.8. The van der Waals surface area contributed by atoms with Gasteiger partial charge in [0.1, 0.15) is 5.75 Å². The summed E-state index contributed by atoms with van der Waals surface area (Å²) in [4.78, 5) is 26.2. The van der Waals surface area contributed by atoms with E-state index in [9.17, 15) is 9.59 Å².